The minimum Gasteiger partial charge on any atom is -0.495 e. The molecule has 0 saturated heterocycles. The van der Waals surface area contributed by atoms with E-state index in [4.69, 9.17) is 21.1 Å². The first-order valence-corrected chi connectivity index (χ1v) is 8.03. The second-order valence-corrected chi connectivity index (χ2v) is 5.91. The van der Waals surface area contributed by atoms with Gasteiger partial charge in [-0.3, -0.25) is 4.79 Å². The van der Waals surface area contributed by atoms with Crippen molar-refractivity contribution >= 4 is 22.5 Å². The highest BCUT2D eigenvalue weighted by atomic mass is 35.5. The van der Waals surface area contributed by atoms with Crippen LogP contribution in [0, 0.1) is 6.92 Å². The van der Waals surface area contributed by atoms with Gasteiger partial charge >= 0.3 is 0 Å². The van der Waals surface area contributed by atoms with E-state index in [1.165, 1.54) is 0 Å². The number of rotatable bonds is 5. The molecule has 2 aromatic carbocycles. The number of ether oxygens (including phenoxy) is 2. The summed E-state index contributed by atoms with van der Waals surface area (Å²) < 4.78 is 12.8. The molecule has 0 aliphatic rings. The predicted molar refractivity (Wildman–Crippen MR) is 96.4 cm³/mol. The average Bonchev–Trinajstić information content (AvgIpc) is 2.59. The molecule has 5 heteroatoms. The minimum atomic E-state index is -0.0655. The average molecular weight is 344 g/mol. The van der Waals surface area contributed by atoms with Crippen molar-refractivity contribution in [2.75, 3.05) is 13.7 Å². The van der Waals surface area contributed by atoms with Crippen molar-refractivity contribution in [2.24, 2.45) is 0 Å². The van der Waals surface area contributed by atoms with E-state index in [0.29, 0.717) is 23.9 Å². The number of pyridine rings is 1. The molecule has 0 atom stereocenters. The molecular weight excluding hydrogens is 326 g/mol. The summed E-state index contributed by atoms with van der Waals surface area (Å²) in [6.45, 7) is 2.73. The van der Waals surface area contributed by atoms with Crippen molar-refractivity contribution in [2.45, 2.75) is 13.5 Å². The van der Waals surface area contributed by atoms with E-state index in [2.05, 4.69) is 0 Å². The van der Waals surface area contributed by atoms with Gasteiger partial charge in [-0.05, 0) is 42.8 Å². The van der Waals surface area contributed by atoms with Crippen LogP contribution >= 0.6 is 11.6 Å². The molecule has 0 spiro atoms. The summed E-state index contributed by atoms with van der Waals surface area (Å²) in [5.74, 6) is 1.40. The zero-order valence-corrected chi connectivity index (χ0v) is 14.3. The van der Waals surface area contributed by atoms with Gasteiger partial charge in [0.2, 0.25) is 0 Å². The van der Waals surface area contributed by atoms with E-state index in [-0.39, 0.29) is 5.56 Å². The Morgan fingerprint density at radius 1 is 1.12 bits per heavy atom. The van der Waals surface area contributed by atoms with Crippen LogP contribution < -0.4 is 15.0 Å². The van der Waals surface area contributed by atoms with Gasteiger partial charge in [-0.25, -0.2) is 0 Å². The van der Waals surface area contributed by atoms with Crippen LogP contribution in [0.25, 0.3) is 10.9 Å². The van der Waals surface area contributed by atoms with Crippen LogP contribution in [0.3, 0.4) is 0 Å². The van der Waals surface area contributed by atoms with Crippen molar-refractivity contribution < 1.29 is 9.47 Å². The number of benzene rings is 2. The van der Waals surface area contributed by atoms with E-state index in [1.807, 2.05) is 25.1 Å². The molecule has 0 bridgehead atoms. The van der Waals surface area contributed by atoms with E-state index >= 15 is 0 Å². The highest BCUT2D eigenvalue weighted by Crippen LogP contribution is 2.26. The summed E-state index contributed by atoms with van der Waals surface area (Å²) in [4.78, 5) is 12.4. The standard InChI is InChI=1S/C19H18ClNO3/c1-13-12-18(22)21(19-16(13)4-3-5-17(19)23-2)10-11-24-15-8-6-14(20)7-9-15/h3-9,12H,10-11H2,1-2H3. The number of aromatic nitrogens is 1. The molecule has 0 amide bonds. The molecule has 0 saturated carbocycles. The number of hydrogen-bond donors (Lipinski definition) is 0. The van der Waals surface area contributed by atoms with E-state index in [0.717, 1.165) is 22.2 Å². The van der Waals surface area contributed by atoms with Crippen molar-refractivity contribution in [3.63, 3.8) is 0 Å². The molecule has 124 valence electrons. The monoisotopic (exact) mass is 343 g/mol. The van der Waals surface area contributed by atoms with Crippen LogP contribution in [0.15, 0.2) is 53.3 Å². The third-order valence-corrected chi connectivity index (χ3v) is 4.17. The predicted octanol–water partition coefficient (Wildman–Crippen LogP) is 4.05. The second kappa shape index (κ2) is 6.97. The Labute approximate surface area is 145 Å². The lowest BCUT2D eigenvalue weighted by molar-refractivity contribution is 0.298. The van der Waals surface area contributed by atoms with Crippen LogP contribution in [0.2, 0.25) is 5.02 Å². The van der Waals surface area contributed by atoms with Gasteiger partial charge in [-0.1, -0.05) is 23.7 Å². The fraction of sp³-hybridized carbons (Fsp3) is 0.211. The Morgan fingerprint density at radius 3 is 2.58 bits per heavy atom. The van der Waals surface area contributed by atoms with Crippen molar-refractivity contribution in [3.8, 4) is 11.5 Å². The number of fused-ring (bicyclic) bond motifs is 1. The minimum absolute atomic E-state index is 0.0655. The fourth-order valence-electron chi connectivity index (χ4n) is 2.74. The molecule has 0 aliphatic carbocycles. The molecule has 3 rings (SSSR count). The topological polar surface area (TPSA) is 40.5 Å². The number of nitrogens with zero attached hydrogens (tertiary/aromatic N) is 1. The van der Waals surface area contributed by atoms with Crippen LogP contribution in [-0.2, 0) is 6.54 Å². The fourth-order valence-corrected chi connectivity index (χ4v) is 2.87. The molecule has 0 unspecified atom stereocenters. The molecule has 24 heavy (non-hydrogen) atoms. The van der Waals surface area contributed by atoms with Gasteiger partial charge in [-0.15, -0.1) is 0 Å². The second-order valence-electron chi connectivity index (χ2n) is 5.48. The summed E-state index contributed by atoms with van der Waals surface area (Å²) in [7, 11) is 1.61. The Kier molecular flexibility index (Phi) is 4.76. The summed E-state index contributed by atoms with van der Waals surface area (Å²) in [6, 6.07) is 14.6. The molecule has 0 aliphatic heterocycles. The van der Waals surface area contributed by atoms with Gasteiger partial charge in [0.1, 0.15) is 18.1 Å². The SMILES string of the molecule is COc1cccc2c(C)cc(=O)n(CCOc3ccc(Cl)cc3)c12. The zero-order chi connectivity index (χ0) is 17.1. The van der Waals surface area contributed by atoms with E-state index < -0.39 is 0 Å². The van der Waals surface area contributed by atoms with Crippen LogP contribution in [0.5, 0.6) is 11.5 Å². The van der Waals surface area contributed by atoms with E-state index in [9.17, 15) is 4.79 Å². The Hall–Kier alpha value is -2.46. The summed E-state index contributed by atoms with van der Waals surface area (Å²) >= 11 is 5.86. The van der Waals surface area contributed by atoms with Crippen LogP contribution in [-0.4, -0.2) is 18.3 Å². The number of para-hydroxylation sites is 1. The smallest absolute Gasteiger partial charge is 0.251 e. The van der Waals surface area contributed by atoms with Crippen LogP contribution in [0.4, 0.5) is 0 Å². The van der Waals surface area contributed by atoms with Gasteiger partial charge in [0.05, 0.1) is 19.2 Å². The number of halogens is 1. The molecule has 3 aromatic rings. The maximum atomic E-state index is 12.4. The molecule has 0 radical (unpaired) electrons. The third-order valence-electron chi connectivity index (χ3n) is 3.92. The lowest BCUT2D eigenvalue weighted by atomic mass is 10.1. The van der Waals surface area contributed by atoms with E-state index in [1.54, 1.807) is 42.0 Å². The Morgan fingerprint density at radius 2 is 1.88 bits per heavy atom. The molecule has 1 aromatic heterocycles. The lowest BCUT2D eigenvalue weighted by Crippen LogP contribution is -2.23. The van der Waals surface area contributed by atoms with Crippen molar-refractivity contribution in [1.82, 2.24) is 4.57 Å². The van der Waals surface area contributed by atoms with Crippen molar-refractivity contribution in [1.29, 1.82) is 0 Å². The number of methoxy groups -OCH3 is 1. The molecule has 4 nitrogen and oxygen atoms in total. The molecule has 0 fully saturated rings. The summed E-state index contributed by atoms with van der Waals surface area (Å²) in [5, 5.41) is 1.66. The number of aryl methyl sites for hydroxylation is 1. The van der Waals surface area contributed by atoms with Gasteiger partial charge < -0.3 is 14.0 Å². The highest BCUT2D eigenvalue weighted by molar-refractivity contribution is 6.30. The third kappa shape index (κ3) is 3.24. The molecule has 0 N–H and O–H groups in total. The van der Waals surface area contributed by atoms with Gasteiger partial charge in [0.25, 0.3) is 5.56 Å². The largest absolute Gasteiger partial charge is 0.495 e. The molecule has 1 heterocycles. The number of hydrogen-bond acceptors (Lipinski definition) is 3. The van der Waals surface area contributed by atoms with Gasteiger partial charge in [-0.2, -0.15) is 0 Å². The molecular formula is C19H18ClNO3. The normalized spacial score (nSPS) is 10.8. The Bertz CT molecular complexity index is 916. The maximum Gasteiger partial charge on any atom is 0.251 e. The first kappa shape index (κ1) is 16.4. The maximum absolute atomic E-state index is 12.4. The van der Waals surface area contributed by atoms with Gasteiger partial charge in [0, 0.05) is 16.5 Å². The first-order chi connectivity index (χ1) is 11.6. The van der Waals surface area contributed by atoms with Crippen molar-refractivity contribution in [3.05, 3.63) is 69.5 Å². The Balaban J connectivity index is 1.91. The van der Waals surface area contributed by atoms with Gasteiger partial charge in [0.15, 0.2) is 0 Å². The summed E-state index contributed by atoms with van der Waals surface area (Å²) in [5.41, 5.74) is 1.66. The highest BCUT2D eigenvalue weighted by Gasteiger charge is 2.11. The zero-order valence-electron chi connectivity index (χ0n) is 13.6. The summed E-state index contributed by atoms with van der Waals surface area (Å²) in [6.07, 6.45) is 0. The lowest BCUT2D eigenvalue weighted by Gasteiger charge is -2.15. The quantitative estimate of drug-likeness (QED) is 0.701. The van der Waals surface area contributed by atoms with Crippen LogP contribution in [0.1, 0.15) is 5.56 Å². The first-order valence-electron chi connectivity index (χ1n) is 7.65.